The average Bonchev–Trinajstić information content (AvgIpc) is 2.61. The van der Waals surface area contributed by atoms with Gasteiger partial charge in [0.2, 0.25) is 15.9 Å². The van der Waals surface area contributed by atoms with Crippen LogP contribution in [-0.2, 0) is 14.8 Å². The fourth-order valence-electron chi connectivity index (χ4n) is 4.46. The minimum absolute atomic E-state index is 0.147. The predicted molar refractivity (Wildman–Crippen MR) is 103 cm³/mol. The highest BCUT2D eigenvalue weighted by Crippen LogP contribution is 2.28. The number of carbonyl (C=O) groups is 1. The van der Waals surface area contributed by atoms with Crippen LogP contribution in [0.5, 0.6) is 0 Å². The maximum Gasteiger partial charge on any atom is 0.243 e. The molecule has 0 radical (unpaired) electrons. The first kappa shape index (κ1) is 19.4. The van der Waals surface area contributed by atoms with E-state index >= 15 is 0 Å². The lowest BCUT2D eigenvalue weighted by atomic mass is 9.88. The van der Waals surface area contributed by atoms with Gasteiger partial charge in [-0.1, -0.05) is 37.0 Å². The summed E-state index contributed by atoms with van der Waals surface area (Å²) in [6.45, 7) is 7.45. The van der Waals surface area contributed by atoms with E-state index in [1.807, 2.05) is 37.8 Å². The molecule has 1 saturated heterocycles. The van der Waals surface area contributed by atoms with E-state index in [0.717, 1.165) is 42.4 Å². The van der Waals surface area contributed by atoms with E-state index in [1.165, 1.54) is 6.42 Å². The molecule has 0 spiro atoms. The van der Waals surface area contributed by atoms with Crippen molar-refractivity contribution in [1.29, 1.82) is 0 Å². The lowest BCUT2D eigenvalue weighted by molar-refractivity contribution is -0.137. The quantitative estimate of drug-likeness (QED) is 0.812. The second-order valence-electron chi connectivity index (χ2n) is 7.79. The van der Waals surface area contributed by atoms with Gasteiger partial charge < -0.3 is 4.90 Å². The van der Waals surface area contributed by atoms with E-state index < -0.39 is 10.0 Å². The van der Waals surface area contributed by atoms with Gasteiger partial charge in [0.25, 0.3) is 0 Å². The molecule has 1 heterocycles. The lowest BCUT2D eigenvalue weighted by Gasteiger charge is -2.37. The number of carbonyl (C=O) groups excluding carboxylic acids is 1. The summed E-state index contributed by atoms with van der Waals surface area (Å²) in [5.41, 5.74) is 2.66. The summed E-state index contributed by atoms with van der Waals surface area (Å²) in [4.78, 5) is 15.0. The number of amides is 1. The molecule has 0 N–H and O–H groups in total. The molecule has 3 rings (SSSR count). The summed E-state index contributed by atoms with van der Waals surface area (Å²) in [5.74, 6) is 0.373. The molecular formula is C20H30N2O3S. The van der Waals surface area contributed by atoms with Gasteiger partial charge in [-0.05, 0) is 44.7 Å². The molecular weight excluding hydrogens is 348 g/mol. The fourth-order valence-corrected chi connectivity index (χ4v) is 6.29. The molecule has 1 amide bonds. The van der Waals surface area contributed by atoms with Gasteiger partial charge in [-0.3, -0.25) is 4.79 Å². The molecule has 0 bridgehead atoms. The van der Waals surface area contributed by atoms with E-state index in [4.69, 9.17) is 0 Å². The molecule has 6 heteroatoms. The second kappa shape index (κ2) is 7.69. The van der Waals surface area contributed by atoms with Crippen LogP contribution in [0.4, 0.5) is 0 Å². The molecule has 1 aromatic carbocycles. The van der Waals surface area contributed by atoms with Crippen LogP contribution in [0.1, 0.15) is 48.8 Å². The Kier molecular flexibility index (Phi) is 5.72. The van der Waals surface area contributed by atoms with Gasteiger partial charge in [0, 0.05) is 32.1 Å². The van der Waals surface area contributed by atoms with Crippen molar-refractivity contribution >= 4 is 15.9 Å². The average molecular weight is 379 g/mol. The molecule has 144 valence electrons. The number of nitrogens with zero attached hydrogens (tertiary/aromatic N) is 2. The third-order valence-electron chi connectivity index (χ3n) is 5.71. The Hall–Kier alpha value is -1.40. The van der Waals surface area contributed by atoms with Crippen LogP contribution in [0.25, 0.3) is 0 Å². The molecule has 0 unspecified atom stereocenters. The number of aryl methyl sites for hydroxylation is 3. The first-order valence-electron chi connectivity index (χ1n) is 9.67. The Morgan fingerprint density at radius 2 is 1.46 bits per heavy atom. The molecule has 2 aliphatic rings. The fraction of sp³-hybridized carbons (Fsp3) is 0.650. The molecule has 1 aliphatic heterocycles. The van der Waals surface area contributed by atoms with Gasteiger partial charge in [-0.15, -0.1) is 0 Å². The third kappa shape index (κ3) is 3.81. The highest BCUT2D eigenvalue weighted by molar-refractivity contribution is 7.89. The molecule has 5 nitrogen and oxygen atoms in total. The van der Waals surface area contributed by atoms with E-state index in [1.54, 1.807) is 4.31 Å². The largest absolute Gasteiger partial charge is 0.340 e. The number of piperazine rings is 1. The zero-order valence-electron chi connectivity index (χ0n) is 16.1. The molecule has 26 heavy (non-hydrogen) atoms. The number of rotatable bonds is 3. The highest BCUT2D eigenvalue weighted by atomic mass is 32.2. The van der Waals surface area contributed by atoms with E-state index in [-0.39, 0.29) is 11.8 Å². The van der Waals surface area contributed by atoms with Crippen LogP contribution in [-0.4, -0.2) is 49.7 Å². The Bertz CT molecular complexity index is 751. The number of sulfonamides is 1. The summed E-state index contributed by atoms with van der Waals surface area (Å²) >= 11 is 0. The van der Waals surface area contributed by atoms with Gasteiger partial charge >= 0.3 is 0 Å². The van der Waals surface area contributed by atoms with Crippen LogP contribution in [0.15, 0.2) is 17.0 Å². The molecule has 1 aliphatic carbocycles. The standard InChI is InChI=1S/C20H30N2O3S/c1-15-13-16(2)19(17(3)14-15)26(24,25)22-11-9-21(10-12-22)20(23)18-7-5-4-6-8-18/h13-14,18H,4-12H2,1-3H3. The maximum absolute atomic E-state index is 13.1. The van der Waals surface area contributed by atoms with Gasteiger partial charge in [0.15, 0.2) is 0 Å². The van der Waals surface area contributed by atoms with Crippen LogP contribution in [0, 0.1) is 26.7 Å². The zero-order valence-corrected chi connectivity index (χ0v) is 16.9. The summed E-state index contributed by atoms with van der Waals surface area (Å²) in [7, 11) is -3.52. The SMILES string of the molecule is Cc1cc(C)c(S(=O)(=O)N2CCN(C(=O)C3CCCCC3)CC2)c(C)c1. The Labute approximate surface area is 157 Å². The van der Waals surface area contributed by atoms with E-state index in [0.29, 0.717) is 31.1 Å². The molecule has 1 aromatic rings. The summed E-state index contributed by atoms with van der Waals surface area (Å²) in [5, 5.41) is 0. The van der Waals surface area contributed by atoms with Crippen molar-refractivity contribution in [3.8, 4) is 0 Å². The number of benzene rings is 1. The van der Waals surface area contributed by atoms with Gasteiger partial charge in [0.05, 0.1) is 4.90 Å². The zero-order chi connectivity index (χ0) is 18.9. The first-order chi connectivity index (χ1) is 12.3. The van der Waals surface area contributed by atoms with Crippen molar-refractivity contribution < 1.29 is 13.2 Å². The van der Waals surface area contributed by atoms with E-state index in [2.05, 4.69) is 0 Å². The maximum atomic E-state index is 13.1. The third-order valence-corrected chi connectivity index (χ3v) is 7.91. The smallest absolute Gasteiger partial charge is 0.243 e. The number of hydrogen-bond donors (Lipinski definition) is 0. The van der Waals surface area contributed by atoms with Crippen LogP contribution in [0.3, 0.4) is 0 Å². The van der Waals surface area contributed by atoms with Gasteiger partial charge in [0.1, 0.15) is 0 Å². The summed E-state index contributed by atoms with van der Waals surface area (Å²) in [6, 6.07) is 3.84. The predicted octanol–water partition coefficient (Wildman–Crippen LogP) is 3.03. The highest BCUT2D eigenvalue weighted by Gasteiger charge is 2.34. The van der Waals surface area contributed by atoms with Crippen LogP contribution in [0.2, 0.25) is 0 Å². The summed E-state index contributed by atoms with van der Waals surface area (Å²) in [6.07, 6.45) is 5.47. The van der Waals surface area contributed by atoms with E-state index in [9.17, 15) is 13.2 Å². The van der Waals surface area contributed by atoms with Crippen LogP contribution < -0.4 is 0 Å². The first-order valence-corrected chi connectivity index (χ1v) is 11.1. The Morgan fingerprint density at radius 1 is 0.923 bits per heavy atom. The topological polar surface area (TPSA) is 57.7 Å². The van der Waals surface area contributed by atoms with Gasteiger partial charge in [-0.25, -0.2) is 8.42 Å². The van der Waals surface area contributed by atoms with Crippen LogP contribution >= 0.6 is 0 Å². The van der Waals surface area contributed by atoms with Crippen molar-refractivity contribution in [2.45, 2.75) is 57.8 Å². The number of hydrogen-bond acceptors (Lipinski definition) is 3. The minimum atomic E-state index is -3.52. The van der Waals surface area contributed by atoms with Crippen molar-refractivity contribution in [1.82, 2.24) is 9.21 Å². The second-order valence-corrected chi connectivity index (χ2v) is 9.67. The molecule has 0 aromatic heterocycles. The minimum Gasteiger partial charge on any atom is -0.340 e. The summed E-state index contributed by atoms with van der Waals surface area (Å²) < 4.78 is 27.8. The molecule has 0 atom stereocenters. The molecule has 2 fully saturated rings. The van der Waals surface area contributed by atoms with Crippen molar-refractivity contribution in [3.05, 3.63) is 28.8 Å². The van der Waals surface area contributed by atoms with Crippen molar-refractivity contribution in [2.75, 3.05) is 26.2 Å². The van der Waals surface area contributed by atoms with Gasteiger partial charge in [-0.2, -0.15) is 4.31 Å². The van der Waals surface area contributed by atoms with Crippen molar-refractivity contribution in [2.24, 2.45) is 5.92 Å². The Balaban J connectivity index is 1.70. The monoisotopic (exact) mass is 378 g/mol. The normalized spacial score (nSPS) is 20.3. The van der Waals surface area contributed by atoms with Crippen molar-refractivity contribution in [3.63, 3.8) is 0 Å². The lowest BCUT2D eigenvalue weighted by Crippen LogP contribution is -2.52. The Morgan fingerprint density at radius 3 is 2.00 bits per heavy atom. The molecule has 1 saturated carbocycles.